The quantitative estimate of drug-likeness (QED) is 0.159. The minimum atomic E-state index is -0.867. The number of nitrogens with one attached hydrogen (secondary N) is 1. The summed E-state index contributed by atoms with van der Waals surface area (Å²) in [6.45, 7) is 7.45. The molecule has 0 spiro atoms. The third-order valence-electron chi connectivity index (χ3n) is 8.39. The zero-order chi connectivity index (χ0) is 33.5. The van der Waals surface area contributed by atoms with Gasteiger partial charge < -0.3 is 19.5 Å². The number of nitrogens with zero attached hydrogens (tertiary/aromatic N) is 7. The number of morpholine rings is 1. The smallest absolute Gasteiger partial charge is 0.434 e. The van der Waals surface area contributed by atoms with Crippen LogP contribution in [0, 0.1) is 17.7 Å². The van der Waals surface area contributed by atoms with Crippen molar-refractivity contribution in [3.05, 3.63) is 53.6 Å². The summed E-state index contributed by atoms with van der Waals surface area (Å²) in [6.07, 6.45) is 8.68. The second-order valence-corrected chi connectivity index (χ2v) is 12.6. The van der Waals surface area contributed by atoms with Gasteiger partial charge in [0.05, 0.1) is 37.8 Å². The Labute approximate surface area is 280 Å². The van der Waals surface area contributed by atoms with Crippen molar-refractivity contribution in [3.8, 4) is 22.0 Å². The van der Waals surface area contributed by atoms with E-state index in [2.05, 4.69) is 30.4 Å². The number of hydrogen-bond donors (Lipinski definition) is 1. The maximum atomic E-state index is 14.8. The molecule has 1 aliphatic heterocycles. The summed E-state index contributed by atoms with van der Waals surface area (Å²) in [5.41, 5.74) is 0.516. The second-order valence-electron chi connectivity index (χ2n) is 11.8. The second kappa shape index (κ2) is 15.9. The molecule has 0 unspecified atom stereocenters. The van der Waals surface area contributed by atoms with Crippen molar-refractivity contribution in [2.75, 3.05) is 51.4 Å². The van der Waals surface area contributed by atoms with Crippen LogP contribution in [0.2, 0.25) is 0 Å². The highest BCUT2D eigenvalue weighted by Gasteiger charge is 2.25. The van der Waals surface area contributed by atoms with Gasteiger partial charge in [-0.15, -0.1) is 11.3 Å². The number of carbonyl (C=O) groups is 2. The number of thiazole rings is 1. The molecule has 48 heavy (non-hydrogen) atoms. The van der Waals surface area contributed by atoms with Gasteiger partial charge in [-0.3, -0.25) is 14.4 Å². The van der Waals surface area contributed by atoms with Gasteiger partial charge >= 0.3 is 6.09 Å². The molecule has 16 heteroatoms. The van der Waals surface area contributed by atoms with Crippen molar-refractivity contribution in [1.29, 1.82) is 0 Å². The predicted molar refractivity (Wildman–Crippen MR) is 173 cm³/mol. The first-order valence-corrected chi connectivity index (χ1v) is 17.0. The van der Waals surface area contributed by atoms with Gasteiger partial charge in [0, 0.05) is 56.1 Å². The lowest BCUT2D eigenvalue weighted by Crippen LogP contribution is -2.37. The van der Waals surface area contributed by atoms with Crippen molar-refractivity contribution >= 4 is 29.0 Å². The van der Waals surface area contributed by atoms with E-state index in [4.69, 9.17) is 14.2 Å². The molecule has 2 fully saturated rings. The van der Waals surface area contributed by atoms with Crippen LogP contribution in [0.1, 0.15) is 49.5 Å². The topological polar surface area (TPSA) is 139 Å². The number of rotatable bonds is 12. The maximum absolute atomic E-state index is 14.8. The van der Waals surface area contributed by atoms with Gasteiger partial charge in [0.25, 0.3) is 5.91 Å². The first kappa shape index (κ1) is 33.8. The molecule has 4 aromatic heterocycles. The normalized spacial score (nSPS) is 18.6. The summed E-state index contributed by atoms with van der Waals surface area (Å²) in [6, 6.07) is 1.90. The number of ether oxygens (including phenoxy) is 3. The number of amides is 1. The molecule has 13 nitrogen and oxygen atoms in total. The lowest BCUT2D eigenvalue weighted by atomic mass is 9.87. The third-order valence-corrected chi connectivity index (χ3v) is 9.28. The molecule has 1 saturated heterocycles. The van der Waals surface area contributed by atoms with E-state index in [-0.39, 0.29) is 35.5 Å². The van der Waals surface area contributed by atoms with Crippen molar-refractivity contribution in [2.24, 2.45) is 5.92 Å². The Kier molecular flexibility index (Phi) is 11.2. The molecule has 5 heterocycles. The number of pyridine rings is 1. The van der Waals surface area contributed by atoms with Crippen LogP contribution < -0.4 is 5.32 Å². The van der Waals surface area contributed by atoms with Gasteiger partial charge in [0.15, 0.2) is 5.82 Å². The van der Waals surface area contributed by atoms with E-state index in [0.29, 0.717) is 49.3 Å². The fraction of sp³-hybridized carbons (Fsp3) is 0.500. The summed E-state index contributed by atoms with van der Waals surface area (Å²) >= 11 is 1.19. The van der Waals surface area contributed by atoms with Crippen LogP contribution in [-0.4, -0.2) is 98.6 Å². The van der Waals surface area contributed by atoms with Crippen molar-refractivity contribution < 1.29 is 32.6 Å². The number of halogens is 2. The highest BCUT2D eigenvalue weighted by Crippen LogP contribution is 2.32. The van der Waals surface area contributed by atoms with Crippen molar-refractivity contribution in [3.63, 3.8) is 0 Å². The average molecular weight is 685 g/mol. The number of aromatic nitrogens is 6. The third kappa shape index (κ3) is 8.47. The Hall–Kier alpha value is -4.12. The Balaban J connectivity index is 1.10. The van der Waals surface area contributed by atoms with Gasteiger partial charge in [-0.25, -0.2) is 19.2 Å². The van der Waals surface area contributed by atoms with E-state index in [9.17, 15) is 18.4 Å². The molecule has 0 radical (unpaired) electrons. The van der Waals surface area contributed by atoms with E-state index >= 15 is 0 Å². The summed E-state index contributed by atoms with van der Waals surface area (Å²) in [7, 11) is 0. The van der Waals surface area contributed by atoms with E-state index in [0.717, 1.165) is 62.1 Å². The summed E-state index contributed by atoms with van der Waals surface area (Å²) < 4.78 is 48.1. The molecule has 0 atom stereocenters. The molecule has 2 aliphatic rings. The lowest BCUT2D eigenvalue weighted by Gasteiger charge is -2.28. The molecule has 6 rings (SSSR count). The Morgan fingerprint density at radius 2 is 1.90 bits per heavy atom. The molecule has 1 aliphatic carbocycles. The van der Waals surface area contributed by atoms with Crippen LogP contribution in [0.5, 0.6) is 0 Å². The Morgan fingerprint density at radius 1 is 1.08 bits per heavy atom. The molecule has 4 aromatic rings. The average Bonchev–Trinajstić information content (AvgIpc) is 3.86. The van der Waals surface area contributed by atoms with E-state index in [1.54, 1.807) is 16.3 Å². The molecule has 0 aromatic carbocycles. The zero-order valence-corrected chi connectivity index (χ0v) is 27.5. The van der Waals surface area contributed by atoms with Crippen LogP contribution in [0.3, 0.4) is 0 Å². The molecular weight excluding hydrogens is 646 g/mol. The monoisotopic (exact) mass is 684 g/mol. The first-order valence-electron chi connectivity index (χ1n) is 16.2. The number of hydrogen-bond acceptors (Lipinski definition) is 11. The summed E-state index contributed by atoms with van der Waals surface area (Å²) in [4.78, 5) is 36.3. The molecule has 0 bridgehead atoms. The van der Waals surface area contributed by atoms with Gasteiger partial charge in [-0.2, -0.15) is 19.3 Å². The molecule has 256 valence electrons. The molecule has 1 N–H and O–H groups in total. The zero-order valence-electron chi connectivity index (χ0n) is 26.6. The number of carbonyl (C=O) groups excluding carboxylic acids is 2. The summed E-state index contributed by atoms with van der Waals surface area (Å²) in [5, 5.41) is 13.4. The van der Waals surface area contributed by atoms with Crippen LogP contribution in [0.4, 0.5) is 19.3 Å². The predicted octanol–water partition coefficient (Wildman–Crippen LogP) is 5.10. The Morgan fingerprint density at radius 3 is 2.69 bits per heavy atom. The maximum Gasteiger partial charge on any atom is 0.434 e. The van der Waals surface area contributed by atoms with Gasteiger partial charge in [-0.05, 0) is 57.1 Å². The van der Waals surface area contributed by atoms with Gasteiger partial charge in [-0.1, -0.05) is 0 Å². The Bertz CT molecular complexity index is 1700. The molecular formula is C32H38F2N8O5S. The minimum absolute atomic E-state index is 0.0172. The van der Waals surface area contributed by atoms with E-state index in [1.807, 2.05) is 6.92 Å². The standard InChI is InChI=1S/C32H38F2N8O5S/c1-2-46-23-6-4-21(5-7-23)17-41-19-25(29(39-41)28-24(33)8-9-27(34)38-28)36-30(43)26-20-48-31(37-26)22-16-35-42(18-22)32(44)47-13-3-10-40-11-14-45-15-12-40/h8-9,16,18-21,23H,2-7,10-15,17H2,1H3,(H,36,43). The summed E-state index contributed by atoms with van der Waals surface area (Å²) in [5.74, 6) is -1.89. The largest absolute Gasteiger partial charge is 0.448 e. The minimum Gasteiger partial charge on any atom is -0.448 e. The lowest BCUT2D eigenvalue weighted by molar-refractivity contribution is 0.0234. The number of anilines is 1. The highest BCUT2D eigenvalue weighted by molar-refractivity contribution is 7.13. The van der Waals surface area contributed by atoms with E-state index < -0.39 is 23.8 Å². The van der Waals surface area contributed by atoms with Crippen LogP contribution >= 0.6 is 11.3 Å². The SMILES string of the molecule is CCOC1CCC(Cn2cc(NC(=O)c3csc(-c4cnn(C(=O)OCCCN5CCOCC5)c4)n3)c(-c3nc(F)ccc3F)n2)CC1. The van der Waals surface area contributed by atoms with Crippen LogP contribution in [0.15, 0.2) is 36.1 Å². The van der Waals surface area contributed by atoms with Crippen molar-refractivity contribution in [2.45, 2.75) is 51.7 Å². The van der Waals surface area contributed by atoms with E-state index in [1.165, 1.54) is 23.7 Å². The fourth-order valence-electron chi connectivity index (χ4n) is 5.92. The highest BCUT2D eigenvalue weighted by atomic mass is 32.1. The van der Waals surface area contributed by atoms with Crippen LogP contribution in [0.25, 0.3) is 22.0 Å². The molecule has 1 saturated carbocycles. The van der Waals surface area contributed by atoms with Crippen LogP contribution in [-0.2, 0) is 20.8 Å². The molecule has 1 amide bonds. The first-order chi connectivity index (χ1) is 23.4. The van der Waals surface area contributed by atoms with Crippen molar-refractivity contribution in [1.82, 2.24) is 34.4 Å². The van der Waals surface area contributed by atoms with Gasteiger partial charge in [0.2, 0.25) is 5.95 Å². The fourth-order valence-corrected chi connectivity index (χ4v) is 6.69. The van der Waals surface area contributed by atoms with Gasteiger partial charge in [0.1, 0.15) is 22.1 Å².